The standard InChI is InChI=1S/C19H15ClN2O6/c1-10-3-5-13(22(25)26)8-15(10)21-17(23)9-27-19(24)18-11(2)14-7-12(20)4-6-16(14)28-18/h3-8H,9H2,1-2H3,(H,21,23). The molecule has 0 spiro atoms. The van der Waals surface area contributed by atoms with E-state index in [0.717, 1.165) is 0 Å². The summed E-state index contributed by atoms with van der Waals surface area (Å²) < 4.78 is 10.5. The van der Waals surface area contributed by atoms with Crippen molar-refractivity contribution in [2.24, 2.45) is 0 Å². The van der Waals surface area contributed by atoms with E-state index in [9.17, 15) is 19.7 Å². The van der Waals surface area contributed by atoms with Crippen LogP contribution in [0.15, 0.2) is 40.8 Å². The Kier molecular flexibility index (Phi) is 5.32. The molecule has 0 unspecified atom stereocenters. The molecule has 144 valence electrons. The number of carbonyl (C=O) groups is 2. The first-order chi connectivity index (χ1) is 13.3. The molecule has 1 N–H and O–H groups in total. The molecule has 1 amide bonds. The van der Waals surface area contributed by atoms with Crippen LogP contribution in [-0.4, -0.2) is 23.4 Å². The van der Waals surface area contributed by atoms with Gasteiger partial charge in [-0.15, -0.1) is 0 Å². The van der Waals surface area contributed by atoms with Gasteiger partial charge in [-0.1, -0.05) is 17.7 Å². The smallest absolute Gasteiger partial charge is 0.375 e. The third-order valence-electron chi connectivity index (χ3n) is 4.12. The molecule has 0 bridgehead atoms. The number of carbonyl (C=O) groups excluding carboxylic acids is 2. The van der Waals surface area contributed by atoms with Gasteiger partial charge in [-0.3, -0.25) is 14.9 Å². The van der Waals surface area contributed by atoms with E-state index < -0.39 is 23.4 Å². The maximum absolute atomic E-state index is 12.3. The van der Waals surface area contributed by atoms with Crippen LogP contribution in [0.2, 0.25) is 5.02 Å². The lowest BCUT2D eigenvalue weighted by Gasteiger charge is -2.08. The van der Waals surface area contributed by atoms with Crippen molar-refractivity contribution in [3.8, 4) is 0 Å². The topological polar surface area (TPSA) is 112 Å². The monoisotopic (exact) mass is 402 g/mol. The first-order valence-corrected chi connectivity index (χ1v) is 8.54. The maximum Gasteiger partial charge on any atom is 0.375 e. The highest BCUT2D eigenvalue weighted by molar-refractivity contribution is 6.31. The number of nitro benzene ring substituents is 1. The van der Waals surface area contributed by atoms with Gasteiger partial charge < -0.3 is 14.5 Å². The van der Waals surface area contributed by atoms with E-state index in [2.05, 4.69) is 5.32 Å². The normalized spacial score (nSPS) is 10.7. The highest BCUT2D eigenvalue weighted by Gasteiger charge is 2.20. The Hall–Kier alpha value is -3.39. The molecule has 28 heavy (non-hydrogen) atoms. The van der Waals surface area contributed by atoms with E-state index in [1.165, 1.54) is 18.2 Å². The van der Waals surface area contributed by atoms with Crippen molar-refractivity contribution in [1.82, 2.24) is 0 Å². The molecule has 0 atom stereocenters. The molecule has 3 rings (SSSR count). The zero-order valence-corrected chi connectivity index (χ0v) is 15.7. The Balaban J connectivity index is 1.68. The molecule has 0 aliphatic heterocycles. The number of hydrogen-bond acceptors (Lipinski definition) is 6. The number of nitrogens with zero attached hydrogens (tertiary/aromatic N) is 1. The van der Waals surface area contributed by atoms with Crippen LogP contribution >= 0.6 is 11.6 Å². The number of furan rings is 1. The molecule has 0 saturated carbocycles. The van der Waals surface area contributed by atoms with E-state index in [1.54, 1.807) is 32.0 Å². The third kappa shape index (κ3) is 3.96. The van der Waals surface area contributed by atoms with Crippen LogP contribution in [0.5, 0.6) is 0 Å². The van der Waals surface area contributed by atoms with Gasteiger partial charge in [-0.05, 0) is 37.6 Å². The summed E-state index contributed by atoms with van der Waals surface area (Å²) in [5, 5.41) is 14.5. The average molecular weight is 403 g/mol. The minimum absolute atomic E-state index is 0.0170. The molecule has 0 aliphatic rings. The summed E-state index contributed by atoms with van der Waals surface area (Å²) in [7, 11) is 0. The number of esters is 1. The maximum atomic E-state index is 12.3. The van der Waals surface area contributed by atoms with Crippen molar-refractivity contribution in [3.63, 3.8) is 0 Å². The van der Waals surface area contributed by atoms with Crippen molar-refractivity contribution in [1.29, 1.82) is 0 Å². The molecule has 9 heteroatoms. The number of nitro groups is 1. The number of nitrogens with one attached hydrogen (secondary N) is 1. The molecule has 8 nitrogen and oxygen atoms in total. The van der Waals surface area contributed by atoms with Gasteiger partial charge in [0.1, 0.15) is 5.58 Å². The number of non-ortho nitro benzene ring substituents is 1. The Morgan fingerprint density at radius 3 is 2.68 bits per heavy atom. The second-order valence-corrected chi connectivity index (χ2v) is 6.51. The molecule has 2 aromatic carbocycles. The van der Waals surface area contributed by atoms with Gasteiger partial charge in [0, 0.05) is 28.1 Å². The van der Waals surface area contributed by atoms with Crippen LogP contribution in [0.3, 0.4) is 0 Å². The number of ether oxygens (including phenoxy) is 1. The van der Waals surface area contributed by atoms with E-state index in [1.807, 2.05) is 0 Å². The number of amides is 1. The molecule has 0 fully saturated rings. The van der Waals surface area contributed by atoms with E-state index >= 15 is 0 Å². The van der Waals surface area contributed by atoms with Crippen molar-refractivity contribution >= 4 is 45.8 Å². The molecule has 3 aromatic rings. The highest BCUT2D eigenvalue weighted by Crippen LogP contribution is 2.28. The van der Waals surface area contributed by atoms with Crippen molar-refractivity contribution in [2.75, 3.05) is 11.9 Å². The minimum Gasteiger partial charge on any atom is -0.450 e. The number of benzene rings is 2. The summed E-state index contributed by atoms with van der Waals surface area (Å²) in [4.78, 5) is 34.6. The molecule has 0 saturated heterocycles. The Labute approximate surface area is 164 Å². The second-order valence-electron chi connectivity index (χ2n) is 6.08. The largest absolute Gasteiger partial charge is 0.450 e. The van der Waals surface area contributed by atoms with E-state index in [0.29, 0.717) is 27.1 Å². The number of aryl methyl sites for hydroxylation is 2. The molecule has 0 radical (unpaired) electrons. The van der Waals surface area contributed by atoms with Crippen LogP contribution < -0.4 is 5.32 Å². The quantitative estimate of drug-likeness (QED) is 0.384. The summed E-state index contributed by atoms with van der Waals surface area (Å²) >= 11 is 5.95. The van der Waals surface area contributed by atoms with Crippen LogP contribution in [0.1, 0.15) is 21.7 Å². The fourth-order valence-electron chi connectivity index (χ4n) is 2.63. The van der Waals surface area contributed by atoms with Gasteiger partial charge in [0.2, 0.25) is 5.76 Å². The zero-order valence-electron chi connectivity index (χ0n) is 14.9. The number of rotatable bonds is 5. The number of halogens is 1. The first kappa shape index (κ1) is 19.4. The van der Waals surface area contributed by atoms with Crippen molar-refractivity contribution < 1.29 is 23.7 Å². The summed E-state index contributed by atoms with van der Waals surface area (Å²) in [6, 6.07) is 9.03. The molecule has 1 heterocycles. The number of hydrogen-bond donors (Lipinski definition) is 1. The van der Waals surface area contributed by atoms with E-state index in [-0.39, 0.29) is 17.1 Å². The Morgan fingerprint density at radius 1 is 1.21 bits per heavy atom. The van der Waals surface area contributed by atoms with Crippen molar-refractivity contribution in [2.45, 2.75) is 13.8 Å². The molecular weight excluding hydrogens is 388 g/mol. The second kappa shape index (κ2) is 7.69. The van der Waals surface area contributed by atoms with Gasteiger partial charge in [0.05, 0.1) is 10.6 Å². The fourth-order valence-corrected chi connectivity index (χ4v) is 2.80. The summed E-state index contributed by atoms with van der Waals surface area (Å²) in [6.07, 6.45) is 0. The van der Waals surface area contributed by atoms with Gasteiger partial charge in [-0.2, -0.15) is 0 Å². The van der Waals surface area contributed by atoms with E-state index in [4.69, 9.17) is 20.8 Å². The van der Waals surface area contributed by atoms with Gasteiger partial charge in [-0.25, -0.2) is 4.79 Å². The highest BCUT2D eigenvalue weighted by atomic mass is 35.5. The first-order valence-electron chi connectivity index (χ1n) is 8.17. The lowest BCUT2D eigenvalue weighted by Crippen LogP contribution is -2.21. The van der Waals surface area contributed by atoms with Gasteiger partial charge in [0.25, 0.3) is 11.6 Å². The summed E-state index contributed by atoms with van der Waals surface area (Å²) in [5.41, 5.74) is 1.78. The zero-order chi connectivity index (χ0) is 20.4. The van der Waals surface area contributed by atoms with Gasteiger partial charge >= 0.3 is 5.97 Å². The Bertz CT molecular complexity index is 1110. The predicted molar refractivity (Wildman–Crippen MR) is 103 cm³/mol. The molecular formula is C19H15ClN2O6. The lowest BCUT2D eigenvalue weighted by atomic mass is 10.1. The van der Waals surface area contributed by atoms with Gasteiger partial charge in [0.15, 0.2) is 6.61 Å². The molecule has 1 aromatic heterocycles. The van der Waals surface area contributed by atoms with Crippen LogP contribution in [0, 0.1) is 24.0 Å². The Morgan fingerprint density at radius 2 is 1.96 bits per heavy atom. The lowest BCUT2D eigenvalue weighted by molar-refractivity contribution is -0.384. The van der Waals surface area contributed by atoms with Crippen LogP contribution in [0.25, 0.3) is 11.0 Å². The minimum atomic E-state index is -0.796. The third-order valence-corrected chi connectivity index (χ3v) is 4.36. The van der Waals surface area contributed by atoms with Crippen LogP contribution in [0.4, 0.5) is 11.4 Å². The van der Waals surface area contributed by atoms with Crippen LogP contribution in [-0.2, 0) is 9.53 Å². The number of fused-ring (bicyclic) bond motifs is 1. The fraction of sp³-hybridized carbons (Fsp3) is 0.158. The van der Waals surface area contributed by atoms with Crippen molar-refractivity contribution in [3.05, 3.63) is 68.4 Å². The molecule has 0 aliphatic carbocycles. The summed E-state index contributed by atoms with van der Waals surface area (Å²) in [5.74, 6) is -1.44. The SMILES string of the molecule is Cc1ccc([N+](=O)[O-])cc1NC(=O)COC(=O)c1oc2ccc(Cl)cc2c1C. The average Bonchev–Trinajstić information content (AvgIpc) is 2.97. The number of anilines is 1. The predicted octanol–water partition coefficient (Wildman–Crippen LogP) is 4.41. The summed E-state index contributed by atoms with van der Waals surface area (Å²) in [6.45, 7) is 2.80.